The third-order valence-electron chi connectivity index (χ3n) is 6.36. The molecule has 1 aromatic heterocycles. The molecule has 0 saturated carbocycles. The lowest BCUT2D eigenvalue weighted by atomic mass is 10.0. The molecule has 0 aliphatic rings. The zero-order chi connectivity index (χ0) is 27.4. The number of ether oxygens (including phenoxy) is 1. The van der Waals surface area contributed by atoms with Crippen LogP contribution in [-0.2, 0) is 16.6 Å². The van der Waals surface area contributed by atoms with Crippen molar-refractivity contribution in [1.82, 2.24) is 14.1 Å². The molecule has 8 nitrogen and oxygen atoms in total. The minimum Gasteiger partial charge on any atom is -0.494 e. The molecular formula is C29H32N4O4S. The number of carbonyl (C=O) groups excluding carboxylic acids is 1. The summed E-state index contributed by atoms with van der Waals surface area (Å²) in [5.41, 5.74) is 7.03. The molecule has 0 bridgehead atoms. The van der Waals surface area contributed by atoms with E-state index in [1.165, 1.54) is 0 Å². The van der Waals surface area contributed by atoms with Gasteiger partial charge in [-0.1, -0.05) is 42.0 Å². The van der Waals surface area contributed by atoms with Crippen LogP contribution in [0.25, 0.3) is 16.8 Å². The predicted octanol–water partition coefficient (Wildman–Crippen LogP) is 4.75. The Morgan fingerprint density at radius 1 is 0.947 bits per heavy atom. The highest BCUT2D eigenvalue weighted by atomic mass is 32.2. The van der Waals surface area contributed by atoms with Crippen molar-refractivity contribution in [3.05, 3.63) is 101 Å². The summed E-state index contributed by atoms with van der Waals surface area (Å²) in [4.78, 5) is 12.9. The van der Waals surface area contributed by atoms with Crippen LogP contribution in [0.3, 0.4) is 0 Å². The summed E-state index contributed by atoms with van der Waals surface area (Å²) >= 11 is 0. The zero-order valence-corrected chi connectivity index (χ0v) is 22.8. The number of amides is 1. The molecule has 198 valence electrons. The Balaban J connectivity index is 1.51. The summed E-state index contributed by atoms with van der Waals surface area (Å²) in [6, 6.07) is 22.4. The van der Waals surface area contributed by atoms with Crippen molar-refractivity contribution < 1.29 is 17.9 Å². The Hall–Kier alpha value is -3.95. The van der Waals surface area contributed by atoms with Gasteiger partial charge in [-0.15, -0.1) is 0 Å². The summed E-state index contributed by atoms with van der Waals surface area (Å²) in [6.45, 7) is 8.42. The average molecular weight is 533 g/mol. The third kappa shape index (κ3) is 5.95. The Kier molecular flexibility index (Phi) is 7.99. The minimum absolute atomic E-state index is 0.0628. The third-order valence-corrected chi connectivity index (χ3v) is 7.32. The Morgan fingerprint density at radius 3 is 2.16 bits per heavy atom. The van der Waals surface area contributed by atoms with Gasteiger partial charge in [0.2, 0.25) is 0 Å². The molecule has 0 unspecified atom stereocenters. The minimum atomic E-state index is -4.22. The van der Waals surface area contributed by atoms with Crippen LogP contribution >= 0.6 is 0 Å². The average Bonchev–Trinajstić information content (AvgIpc) is 3.18. The summed E-state index contributed by atoms with van der Waals surface area (Å²) in [5.74, 6) is 0.185. The summed E-state index contributed by atoms with van der Waals surface area (Å²) in [6.07, 6.45) is 0.322. The molecule has 0 saturated heterocycles. The number of aryl methyl sites for hydroxylation is 2. The van der Waals surface area contributed by atoms with Crippen molar-refractivity contribution in [2.75, 3.05) is 13.2 Å². The monoisotopic (exact) mass is 532 g/mol. The molecule has 0 fully saturated rings. The number of nitrogens with two attached hydrogens (primary N) is 1. The molecule has 4 rings (SSSR count). The van der Waals surface area contributed by atoms with E-state index in [2.05, 4.69) is 0 Å². The normalized spacial score (nSPS) is 11.4. The highest BCUT2D eigenvalue weighted by Crippen LogP contribution is 2.30. The van der Waals surface area contributed by atoms with Crippen molar-refractivity contribution in [3.8, 4) is 22.6 Å². The number of hydrogen-bond acceptors (Lipinski definition) is 5. The van der Waals surface area contributed by atoms with Gasteiger partial charge in [0, 0.05) is 23.4 Å². The number of rotatable bonds is 9. The molecule has 0 aliphatic carbocycles. The fraction of sp³-hybridized carbons (Fsp3) is 0.241. The van der Waals surface area contributed by atoms with E-state index in [9.17, 15) is 13.2 Å². The van der Waals surface area contributed by atoms with E-state index in [1.54, 1.807) is 24.3 Å². The van der Waals surface area contributed by atoms with Crippen LogP contribution in [0.2, 0.25) is 0 Å². The molecule has 0 atom stereocenters. The van der Waals surface area contributed by atoms with E-state index in [4.69, 9.17) is 15.0 Å². The Labute approximate surface area is 223 Å². The SMILES string of the molecule is CCOc1ccc(-c2c(C)nn(-c3ccc(CCN(C(=O)c4ccc(C)cc4)S(N)(=O)=O)cc3)c2C)cc1. The Morgan fingerprint density at radius 2 is 1.58 bits per heavy atom. The number of aromatic nitrogens is 2. The van der Waals surface area contributed by atoms with E-state index in [0.29, 0.717) is 13.0 Å². The van der Waals surface area contributed by atoms with Gasteiger partial charge in [-0.2, -0.15) is 13.5 Å². The van der Waals surface area contributed by atoms with Crippen molar-refractivity contribution in [2.45, 2.75) is 34.1 Å². The van der Waals surface area contributed by atoms with Crippen LogP contribution in [0.5, 0.6) is 5.75 Å². The second-order valence-electron chi connectivity index (χ2n) is 9.12. The van der Waals surface area contributed by atoms with Crippen LogP contribution in [0, 0.1) is 20.8 Å². The topological polar surface area (TPSA) is 108 Å². The summed E-state index contributed by atoms with van der Waals surface area (Å²) in [5, 5.41) is 10.1. The van der Waals surface area contributed by atoms with E-state index < -0.39 is 16.1 Å². The summed E-state index contributed by atoms with van der Waals surface area (Å²) in [7, 11) is -4.22. The van der Waals surface area contributed by atoms with Crippen molar-refractivity contribution in [1.29, 1.82) is 0 Å². The number of nitrogens with zero attached hydrogens (tertiary/aromatic N) is 3. The first kappa shape index (κ1) is 27.1. The molecule has 1 heterocycles. The molecule has 0 spiro atoms. The molecule has 2 N–H and O–H groups in total. The van der Waals surface area contributed by atoms with Crippen LogP contribution in [-0.4, -0.2) is 41.6 Å². The van der Waals surface area contributed by atoms with E-state index in [-0.39, 0.29) is 12.1 Å². The van der Waals surface area contributed by atoms with Gasteiger partial charge in [-0.25, -0.2) is 14.1 Å². The van der Waals surface area contributed by atoms with Gasteiger partial charge >= 0.3 is 10.2 Å². The Bertz CT molecular complexity index is 1530. The molecule has 3 aromatic carbocycles. The maximum absolute atomic E-state index is 12.9. The predicted molar refractivity (Wildman–Crippen MR) is 149 cm³/mol. The lowest BCUT2D eigenvalue weighted by Gasteiger charge is -2.20. The molecule has 0 radical (unpaired) electrons. The number of benzene rings is 3. The molecule has 1 amide bonds. The van der Waals surface area contributed by atoms with Gasteiger partial charge in [-0.3, -0.25) is 4.79 Å². The van der Waals surface area contributed by atoms with Crippen molar-refractivity contribution in [2.24, 2.45) is 5.14 Å². The fourth-order valence-corrected chi connectivity index (χ4v) is 5.10. The van der Waals surface area contributed by atoms with E-state index in [0.717, 1.165) is 49.4 Å². The maximum atomic E-state index is 12.9. The van der Waals surface area contributed by atoms with Gasteiger partial charge in [-0.05, 0) is 81.6 Å². The lowest BCUT2D eigenvalue weighted by Crippen LogP contribution is -2.42. The second-order valence-corrected chi connectivity index (χ2v) is 10.6. The highest BCUT2D eigenvalue weighted by Gasteiger charge is 2.25. The van der Waals surface area contributed by atoms with Crippen molar-refractivity contribution >= 4 is 16.1 Å². The van der Waals surface area contributed by atoms with E-state index in [1.807, 2.05) is 80.9 Å². The van der Waals surface area contributed by atoms with Crippen LogP contribution in [0.15, 0.2) is 72.8 Å². The fourth-order valence-electron chi connectivity index (χ4n) is 4.42. The van der Waals surface area contributed by atoms with Crippen LogP contribution in [0.1, 0.15) is 39.8 Å². The first-order valence-corrected chi connectivity index (χ1v) is 13.9. The summed E-state index contributed by atoms with van der Waals surface area (Å²) < 4.78 is 32.5. The molecule has 9 heteroatoms. The first-order valence-electron chi connectivity index (χ1n) is 12.4. The van der Waals surface area contributed by atoms with Crippen LogP contribution in [0.4, 0.5) is 0 Å². The van der Waals surface area contributed by atoms with Gasteiger partial charge in [0.1, 0.15) is 5.75 Å². The van der Waals surface area contributed by atoms with Gasteiger partial charge in [0.15, 0.2) is 0 Å². The second kappa shape index (κ2) is 11.2. The number of carbonyl (C=O) groups is 1. The van der Waals surface area contributed by atoms with Gasteiger partial charge in [0.05, 0.1) is 18.0 Å². The lowest BCUT2D eigenvalue weighted by molar-refractivity contribution is 0.0862. The largest absolute Gasteiger partial charge is 0.494 e. The maximum Gasteiger partial charge on any atom is 0.301 e. The standard InChI is InChI=1S/C29H32N4O4S/c1-5-37-27-16-12-24(13-17-27)28-21(3)31-33(22(28)4)26-14-8-23(9-15-26)18-19-32(38(30,35)36)29(34)25-10-6-20(2)7-11-25/h6-17H,5,18-19H2,1-4H3,(H2,30,35,36). The van der Waals surface area contributed by atoms with Gasteiger partial charge in [0.25, 0.3) is 5.91 Å². The van der Waals surface area contributed by atoms with E-state index >= 15 is 0 Å². The number of hydrogen-bond donors (Lipinski definition) is 1. The molecular weight excluding hydrogens is 500 g/mol. The highest BCUT2D eigenvalue weighted by molar-refractivity contribution is 7.87. The molecule has 38 heavy (non-hydrogen) atoms. The first-order chi connectivity index (χ1) is 18.1. The van der Waals surface area contributed by atoms with Gasteiger partial charge < -0.3 is 4.74 Å². The quantitative estimate of drug-likeness (QED) is 0.335. The molecule has 4 aromatic rings. The zero-order valence-electron chi connectivity index (χ0n) is 22.0. The molecule has 0 aliphatic heterocycles. The van der Waals surface area contributed by atoms with Crippen molar-refractivity contribution in [3.63, 3.8) is 0 Å². The smallest absolute Gasteiger partial charge is 0.301 e. The van der Waals surface area contributed by atoms with Crippen LogP contribution < -0.4 is 9.88 Å².